The maximum Gasteiger partial charge on any atom is 0.460 e. The van der Waals surface area contributed by atoms with Crippen LogP contribution in [0.2, 0.25) is 0 Å². The van der Waals surface area contributed by atoms with E-state index in [4.69, 9.17) is 0 Å². The Bertz CT molecular complexity index is 1210. The van der Waals surface area contributed by atoms with Crippen molar-refractivity contribution in [2.75, 3.05) is 25.6 Å². The van der Waals surface area contributed by atoms with Crippen LogP contribution in [0.15, 0.2) is 0 Å². The fourth-order valence-electron chi connectivity index (χ4n) is 2.67. The molecule has 0 radical (unpaired) electrons. The first-order valence-electron chi connectivity index (χ1n) is 12.3. The SMILES string of the molecule is CCC(F)OC(CC)CS(=O)(=O)OCC(F)(F)C(F)(F)C(F)(F)COCC(F)(F)OC(F)(F)C(F)(F)OC(F)(F)C(F)(F)C(F)(F)C(F)(F)F. The fourth-order valence-corrected chi connectivity index (χ4v) is 3.86. The van der Waals surface area contributed by atoms with Crippen molar-refractivity contribution in [2.45, 2.75) is 99.4 Å². The van der Waals surface area contributed by atoms with Gasteiger partial charge >= 0.3 is 60.2 Å². The van der Waals surface area contributed by atoms with Crippen molar-refractivity contribution in [3.63, 3.8) is 0 Å². The van der Waals surface area contributed by atoms with Crippen LogP contribution in [0.3, 0.4) is 0 Å². The molecular weight excluding hydrogens is 802 g/mol. The summed E-state index contributed by atoms with van der Waals surface area (Å²) >= 11 is 0. The highest BCUT2D eigenvalue weighted by molar-refractivity contribution is 7.86. The van der Waals surface area contributed by atoms with E-state index >= 15 is 0 Å². The van der Waals surface area contributed by atoms with Crippen LogP contribution >= 0.6 is 0 Å². The molecule has 0 saturated heterocycles. The lowest BCUT2D eigenvalue weighted by Crippen LogP contribution is -2.64. The molecule has 0 fully saturated rings. The molecule has 0 spiro atoms. The third kappa shape index (κ3) is 11.1. The Hall–Kier alpha value is -1.79. The van der Waals surface area contributed by atoms with Crippen LogP contribution in [0, 0.1) is 0 Å². The van der Waals surface area contributed by atoms with E-state index in [1.54, 1.807) is 0 Å². The molecule has 7 nitrogen and oxygen atoms in total. The van der Waals surface area contributed by atoms with E-state index < -0.39 is 108 Å². The Morgan fingerprint density at radius 3 is 1.40 bits per heavy atom. The van der Waals surface area contributed by atoms with Gasteiger partial charge in [0.15, 0.2) is 6.36 Å². The molecule has 0 aliphatic heterocycles. The second-order valence-corrected chi connectivity index (χ2v) is 11.2. The summed E-state index contributed by atoms with van der Waals surface area (Å²) in [4.78, 5) is 0. The highest BCUT2D eigenvalue weighted by Gasteiger charge is 2.85. The van der Waals surface area contributed by atoms with Gasteiger partial charge in [0.1, 0.15) is 25.6 Å². The van der Waals surface area contributed by atoms with Crippen LogP contribution in [-0.4, -0.2) is 107 Å². The van der Waals surface area contributed by atoms with E-state index in [2.05, 4.69) is 13.7 Å². The quantitative estimate of drug-likeness (QED) is 0.0810. The largest absolute Gasteiger partial charge is 0.460 e. The molecule has 0 N–H and O–H groups in total. The summed E-state index contributed by atoms with van der Waals surface area (Å²) in [5.74, 6) is -37.4. The first-order valence-corrected chi connectivity index (χ1v) is 13.9. The van der Waals surface area contributed by atoms with Crippen molar-refractivity contribution in [3.05, 3.63) is 0 Å². The highest BCUT2D eigenvalue weighted by Crippen LogP contribution is 2.56. The summed E-state index contributed by atoms with van der Waals surface area (Å²) in [7, 11) is -5.40. The van der Waals surface area contributed by atoms with Crippen LogP contribution in [0.4, 0.5) is 96.6 Å². The predicted molar refractivity (Wildman–Crippen MR) is 114 cm³/mol. The zero-order valence-electron chi connectivity index (χ0n) is 24.0. The number of hydrogen-bond donors (Lipinski definition) is 0. The van der Waals surface area contributed by atoms with Crippen molar-refractivity contribution in [1.29, 1.82) is 0 Å². The average Bonchev–Trinajstić information content (AvgIpc) is 2.88. The lowest BCUT2D eigenvalue weighted by atomic mass is 10.1. The van der Waals surface area contributed by atoms with Gasteiger partial charge in [-0.3, -0.25) is 4.18 Å². The molecule has 0 aliphatic carbocycles. The van der Waals surface area contributed by atoms with E-state index in [0.717, 1.165) is 6.92 Å². The van der Waals surface area contributed by atoms with Crippen LogP contribution < -0.4 is 0 Å². The molecule has 0 saturated carbocycles. The summed E-state index contributed by atoms with van der Waals surface area (Å²) < 4.78 is 329. The molecule has 50 heavy (non-hydrogen) atoms. The molecule has 0 aromatic heterocycles. The molecule has 302 valence electrons. The van der Waals surface area contributed by atoms with Gasteiger partial charge in [0.25, 0.3) is 10.1 Å². The van der Waals surface area contributed by atoms with Gasteiger partial charge in [-0.2, -0.15) is 101 Å². The molecule has 0 aliphatic rings. The first-order chi connectivity index (χ1) is 21.7. The Kier molecular flexibility index (Phi) is 14.7. The monoisotopic (exact) mass is 822 g/mol. The molecule has 0 bridgehead atoms. The zero-order chi connectivity index (χ0) is 40.4. The summed E-state index contributed by atoms with van der Waals surface area (Å²) in [6.07, 6.45) is -41.9. The number of hydrogen-bond acceptors (Lipinski definition) is 7. The minimum absolute atomic E-state index is 0.362. The standard InChI is InChI=1S/C20H20F22O7S/c1-3-9(47-10(21)4-2)5-50(43,44)46-7-12(24,25)14(28,29)11(22,23)6-45-8-13(26,27)48-19(39,40)20(41,42)49-18(37,38)16(32,33)15(30,31)17(34,35)36/h9-10H,3-8H2,1-2H3. The van der Waals surface area contributed by atoms with Crippen LogP contribution in [0.1, 0.15) is 26.7 Å². The molecular formula is C20H20F22O7S. The summed E-state index contributed by atoms with van der Waals surface area (Å²) in [6, 6.07) is 0. The van der Waals surface area contributed by atoms with Crippen LogP contribution in [0.25, 0.3) is 0 Å². The average molecular weight is 822 g/mol. The summed E-state index contributed by atoms with van der Waals surface area (Å²) in [5.41, 5.74) is 0. The van der Waals surface area contributed by atoms with Gasteiger partial charge in [0, 0.05) is 6.42 Å². The number of halogens is 22. The molecule has 0 heterocycles. The minimum Gasteiger partial charge on any atom is -0.366 e. The normalized spacial score (nSPS) is 16.9. The number of rotatable bonds is 22. The van der Waals surface area contributed by atoms with Gasteiger partial charge in [-0.25, -0.2) is 13.9 Å². The lowest BCUT2D eigenvalue weighted by molar-refractivity contribution is -0.543. The molecule has 2 atom stereocenters. The Labute approximate surface area is 264 Å². The third-order valence-electron chi connectivity index (χ3n) is 5.39. The second kappa shape index (κ2) is 15.3. The van der Waals surface area contributed by atoms with Crippen LogP contribution in [0.5, 0.6) is 0 Å². The van der Waals surface area contributed by atoms with Gasteiger partial charge in [-0.15, -0.1) is 0 Å². The van der Waals surface area contributed by atoms with Crippen LogP contribution in [-0.2, 0) is 33.2 Å². The maximum absolute atomic E-state index is 13.9. The van der Waals surface area contributed by atoms with Crippen molar-refractivity contribution < 1.29 is 128 Å². The maximum atomic E-state index is 13.9. The molecule has 2 unspecified atom stereocenters. The van der Waals surface area contributed by atoms with E-state index in [-0.39, 0.29) is 12.8 Å². The van der Waals surface area contributed by atoms with Crippen molar-refractivity contribution in [1.82, 2.24) is 0 Å². The minimum atomic E-state index is -8.18. The highest BCUT2D eigenvalue weighted by atomic mass is 32.2. The first kappa shape index (κ1) is 48.2. The Balaban J connectivity index is 5.71. The van der Waals surface area contributed by atoms with Crippen molar-refractivity contribution in [3.8, 4) is 0 Å². The van der Waals surface area contributed by atoms with Gasteiger partial charge in [-0.1, -0.05) is 13.8 Å². The van der Waals surface area contributed by atoms with Gasteiger partial charge in [-0.05, 0) is 6.42 Å². The molecule has 0 aromatic carbocycles. The lowest BCUT2D eigenvalue weighted by Gasteiger charge is -2.36. The van der Waals surface area contributed by atoms with Crippen molar-refractivity contribution >= 4 is 10.1 Å². The zero-order valence-corrected chi connectivity index (χ0v) is 24.8. The van der Waals surface area contributed by atoms with E-state index in [0.29, 0.717) is 0 Å². The topological polar surface area (TPSA) is 80.3 Å². The second-order valence-electron chi connectivity index (χ2n) is 9.49. The predicted octanol–water partition coefficient (Wildman–Crippen LogP) is 7.99. The Morgan fingerprint density at radius 2 is 0.980 bits per heavy atom. The van der Waals surface area contributed by atoms with E-state index in [1.165, 1.54) is 11.7 Å². The van der Waals surface area contributed by atoms with Gasteiger partial charge in [0.05, 0.1) is 6.10 Å². The smallest absolute Gasteiger partial charge is 0.366 e. The third-order valence-corrected chi connectivity index (χ3v) is 6.64. The number of alkyl halides is 22. The van der Waals surface area contributed by atoms with Crippen molar-refractivity contribution in [2.24, 2.45) is 0 Å². The van der Waals surface area contributed by atoms with E-state index in [9.17, 15) is 105 Å². The molecule has 0 rings (SSSR count). The Morgan fingerprint density at radius 1 is 0.540 bits per heavy atom. The van der Waals surface area contributed by atoms with E-state index in [1.807, 2.05) is 4.74 Å². The number of ether oxygens (including phenoxy) is 4. The van der Waals surface area contributed by atoms with Gasteiger partial charge < -0.3 is 9.47 Å². The molecule has 30 heteroatoms. The fraction of sp³-hybridized carbons (Fsp3) is 1.00. The molecule has 0 amide bonds. The molecule has 0 aromatic rings. The summed E-state index contributed by atoms with van der Waals surface area (Å²) in [6.45, 7) is -7.69. The summed E-state index contributed by atoms with van der Waals surface area (Å²) in [5, 5.41) is 0. The van der Waals surface area contributed by atoms with Gasteiger partial charge in [0.2, 0.25) is 0 Å².